The Kier molecular flexibility index (Phi) is 8.79. The smallest absolute Gasteiger partial charge is 0.160 e. The van der Waals surface area contributed by atoms with E-state index in [1.165, 1.54) is 11.1 Å². The lowest BCUT2D eigenvalue weighted by atomic mass is 9.89. The third-order valence-corrected chi connectivity index (χ3v) is 12.1. The number of hydrogen-bond donors (Lipinski definition) is 0. The molecule has 0 amide bonds. The van der Waals surface area contributed by atoms with Crippen LogP contribution < -0.4 is 0 Å². The number of nitrogens with zero attached hydrogens (tertiary/aromatic N) is 3. The van der Waals surface area contributed by atoms with Gasteiger partial charge in [-0.15, -0.1) is 0 Å². The monoisotopic (exact) mass is 803 g/mol. The molecule has 0 unspecified atom stereocenters. The van der Waals surface area contributed by atoms with Gasteiger partial charge in [-0.05, 0) is 52.1 Å². The Hall–Kier alpha value is -8.47. The standard InChI is InChI=1S/C59H37N3O/c1-4-14-38(15-5-1)40-24-28-42(29-25-40)51-37-52(62-59(61-51)46-18-8-3-9-19-46)43-30-32-44(33-31-43)55-56-47-20-10-12-22-50(47)60-58(45-34-26-41(27-35-45)39-16-6-2-7-17-39)49(56)36-54-57(55)48-21-11-13-23-53(48)63-54/h1-37H. The molecule has 0 saturated carbocycles. The summed E-state index contributed by atoms with van der Waals surface area (Å²) in [5, 5.41) is 5.44. The first kappa shape index (κ1) is 36.4. The summed E-state index contributed by atoms with van der Waals surface area (Å²) < 4.78 is 6.69. The molecule has 3 heterocycles. The summed E-state index contributed by atoms with van der Waals surface area (Å²) in [6, 6.07) is 78.5. The number of fused-ring (bicyclic) bond motifs is 6. The van der Waals surface area contributed by atoms with E-state index >= 15 is 0 Å². The van der Waals surface area contributed by atoms with Gasteiger partial charge >= 0.3 is 0 Å². The molecule has 0 radical (unpaired) electrons. The first-order chi connectivity index (χ1) is 31.2. The molecule has 0 aliphatic rings. The Morgan fingerprint density at radius 2 is 0.746 bits per heavy atom. The summed E-state index contributed by atoms with van der Waals surface area (Å²) in [5.41, 5.74) is 16.2. The van der Waals surface area contributed by atoms with Gasteiger partial charge in [0.1, 0.15) is 11.2 Å². The van der Waals surface area contributed by atoms with Gasteiger partial charge in [-0.25, -0.2) is 15.0 Å². The number of benzene rings is 9. The average Bonchev–Trinajstić information content (AvgIpc) is 3.74. The Morgan fingerprint density at radius 3 is 1.35 bits per heavy atom. The molecular formula is C59H37N3O. The van der Waals surface area contributed by atoms with E-state index in [0.717, 1.165) is 105 Å². The van der Waals surface area contributed by atoms with Crippen LogP contribution in [0.25, 0.3) is 122 Å². The summed E-state index contributed by atoms with van der Waals surface area (Å²) in [5.74, 6) is 0.684. The maximum absolute atomic E-state index is 6.69. The zero-order valence-corrected chi connectivity index (χ0v) is 34.1. The van der Waals surface area contributed by atoms with Gasteiger partial charge in [0.15, 0.2) is 5.82 Å². The van der Waals surface area contributed by atoms with Crippen LogP contribution in [0, 0.1) is 0 Å². The van der Waals surface area contributed by atoms with Crippen molar-refractivity contribution >= 4 is 43.6 Å². The van der Waals surface area contributed by atoms with Crippen LogP contribution >= 0.6 is 0 Å². The van der Waals surface area contributed by atoms with Gasteiger partial charge in [-0.1, -0.05) is 200 Å². The zero-order valence-electron chi connectivity index (χ0n) is 34.1. The van der Waals surface area contributed by atoms with Crippen LogP contribution in [0.5, 0.6) is 0 Å². The number of rotatable bonds is 7. The Morgan fingerprint density at radius 1 is 0.286 bits per heavy atom. The van der Waals surface area contributed by atoms with E-state index < -0.39 is 0 Å². The largest absolute Gasteiger partial charge is 0.456 e. The molecule has 9 aromatic carbocycles. The van der Waals surface area contributed by atoms with Crippen LogP contribution in [0.1, 0.15) is 0 Å². The number of hydrogen-bond acceptors (Lipinski definition) is 4. The minimum Gasteiger partial charge on any atom is -0.456 e. The Balaban J connectivity index is 1.04. The summed E-state index contributed by atoms with van der Waals surface area (Å²) in [6.07, 6.45) is 0. The van der Waals surface area contributed by atoms with Crippen molar-refractivity contribution in [1.82, 2.24) is 15.0 Å². The second-order valence-corrected chi connectivity index (χ2v) is 15.9. The normalized spacial score (nSPS) is 11.5. The minimum absolute atomic E-state index is 0.684. The lowest BCUT2D eigenvalue weighted by molar-refractivity contribution is 0.669. The van der Waals surface area contributed by atoms with E-state index in [4.69, 9.17) is 19.4 Å². The lowest BCUT2D eigenvalue weighted by Gasteiger charge is -2.16. The average molecular weight is 804 g/mol. The van der Waals surface area contributed by atoms with Gasteiger partial charge in [0.05, 0.1) is 22.6 Å². The van der Waals surface area contributed by atoms with E-state index in [2.05, 4.69) is 188 Å². The molecule has 63 heavy (non-hydrogen) atoms. The maximum Gasteiger partial charge on any atom is 0.160 e. The van der Waals surface area contributed by atoms with Crippen LogP contribution in [-0.2, 0) is 0 Å². The molecular weight excluding hydrogens is 767 g/mol. The van der Waals surface area contributed by atoms with Crippen LogP contribution in [-0.4, -0.2) is 15.0 Å². The SMILES string of the molecule is c1ccc(-c2ccc(-c3cc(-c4ccc(-c5c6c(cc7c(-c8ccc(-c9ccccc9)cc8)nc8ccccc8c57)oc5ccccc56)cc4)nc(-c4ccccc4)n3)cc2)cc1. The van der Waals surface area contributed by atoms with E-state index in [0.29, 0.717) is 5.82 Å². The van der Waals surface area contributed by atoms with E-state index in [1.807, 2.05) is 36.4 Å². The quantitative estimate of drug-likeness (QED) is 0.151. The molecule has 3 aromatic heterocycles. The van der Waals surface area contributed by atoms with Crippen molar-refractivity contribution in [3.8, 4) is 78.5 Å². The molecule has 4 nitrogen and oxygen atoms in total. The van der Waals surface area contributed by atoms with Gasteiger partial charge < -0.3 is 4.42 Å². The topological polar surface area (TPSA) is 51.8 Å². The molecule has 294 valence electrons. The molecule has 12 rings (SSSR count). The van der Waals surface area contributed by atoms with Crippen molar-refractivity contribution in [3.05, 3.63) is 224 Å². The third-order valence-electron chi connectivity index (χ3n) is 12.1. The van der Waals surface area contributed by atoms with E-state index in [-0.39, 0.29) is 0 Å². The Labute approximate surface area is 364 Å². The van der Waals surface area contributed by atoms with Crippen molar-refractivity contribution in [2.75, 3.05) is 0 Å². The summed E-state index contributed by atoms with van der Waals surface area (Å²) in [7, 11) is 0. The highest BCUT2D eigenvalue weighted by molar-refractivity contribution is 6.27. The van der Waals surface area contributed by atoms with Crippen LogP contribution in [0.15, 0.2) is 229 Å². The first-order valence-corrected chi connectivity index (χ1v) is 21.3. The fraction of sp³-hybridized carbons (Fsp3) is 0. The molecule has 0 fully saturated rings. The van der Waals surface area contributed by atoms with Gasteiger partial charge in [-0.3, -0.25) is 0 Å². The molecule has 0 bridgehead atoms. The molecule has 0 spiro atoms. The van der Waals surface area contributed by atoms with Crippen molar-refractivity contribution in [2.45, 2.75) is 0 Å². The predicted molar refractivity (Wildman–Crippen MR) is 260 cm³/mol. The molecule has 12 aromatic rings. The van der Waals surface area contributed by atoms with Crippen molar-refractivity contribution < 1.29 is 4.42 Å². The minimum atomic E-state index is 0.684. The lowest BCUT2D eigenvalue weighted by Crippen LogP contribution is -1.96. The van der Waals surface area contributed by atoms with E-state index in [1.54, 1.807) is 0 Å². The highest BCUT2D eigenvalue weighted by Crippen LogP contribution is 2.46. The number of aromatic nitrogens is 3. The summed E-state index contributed by atoms with van der Waals surface area (Å²) in [6.45, 7) is 0. The van der Waals surface area contributed by atoms with E-state index in [9.17, 15) is 0 Å². The zero-order chi connectivity index (χ0) is 41.7. The van der Waals surface area contributed by atoms with Gasteiger partial charge in [0, 0.05) is 54.7 Å². The second kappa shape index (κ2) is 15.2. The van der Waals surface area contributed by atoms with Crippen LogP contribution in [0.2, 0.25) is 0 Å². The predicted octanol–water partition coefficient (Wildman–Crippen LogP) is 15.7. The number of pyridine rings is 1. The summed E-state index contributed by atoms with van der Waals surface area (Å²) in [4.78, 5) is 15.6. The van der Waals surface area contributed by atoms with Crippen LogP contribution in [0.3, 0.4) is 0 Å². The first-order valence-electron chi connectivity index (χ1n) is 21.3. The highest BCUT2D eigenvalue weighted by atomic mass is 16.3. The van der Waals surface area contributed by atoms with Crippen molar-refractivity contribution in [2.24, 2.45) is 0 Å². The second-order valence-electron chi connectivity index (χ2n) is 15.9. The highest BCUT2D eigenvalue weighted by Gasteiger charge is 2.22. The van der Waals surface area contributed by atoms with Gasteiger partial charge in [0.2, 0.25) is 0 Å². The molecule has 0 N–H and O–H groups in total. The third kappa shape index (κ3) is 6.53. The van der Waals surface area contributed by atoms with Crippen LogP contribution in [0.4, 0.5) is 0 Å². The van der Waals surface area contributed by atoms with Gasteiger partial charge in [0.25, 0.3) is 0 Å². The van der Waals surface area contributed by atoms with Crippen molar-refractivity contribution in [3.63, 3.8) is 0 Å². The molecule has 0 aliphatic carbocycles. The molecule has 0 aliphatic heterocycles. The van der Waals surface area contributed by atoms with Crippen molar-refractivity contribution in [1.29, 1.82) is 0 Å². The maximum atomic E-state index is 6.69. The number of para-hydroxylation sites is 2. The van der Waals surface area contributed by atoms with Gasteiger partial charge in [-0.2, -0.15) is 0 Å². The summed E-state index contributed by atoms with van der Waals surface area (Å²) >= 11 is 0. The molecule has 0 atom stereocenters. The fourth-order valence-electron chi connectivity index (χ4n) is 9.01. The molecule has 4 heteroatoms. The fourth-order valence-corrected chi connectivity index (χ4v) is 9.01. The Bertz CT molecular complexity index is 3620. The molecule has 0 saturated heterocycles. The number of furan rings is 1.